The Balaban J connectivity index is 0.00000576. The Labute approximate surface area is 177 Å². The van der Waals surface area contributed by atoms with Gasteiger partial charge in [-0.15, -0.1) is 35.7 Å². The number of nitrogens with zero attached hydrogens (tertiary/aromatic N) is 1. The highest BCUT2D eigenvalue weighted by Gasteiger charge is 2.04. The maximum atomic E-state index is 11.3. The van der Waals surface area contributed by atoms with Gasteiger partial charge in [0, 0.05) is 42.4 Å². The van der Waals surface area contributed by atoms with Crippen molar-refractivity contribution in [3.05, 3.63) is 29.3 Å². The molecule has 0 amide bonds. The lowest BCUT2D eigenvalue weighted by Crippen LogP contribution is -2.39. The predicted octanol–water partition coefficient (Wildman–Crippen LogP) is 2.54. The van der Waals surface area contributed by atoms with Crippen LogP contribution < -0.4 is 15.4 Å². The first kappa shape index (κ1) is 24.8. The van der Waals surface area contributed by atoms with Crippen LogP contribution in [-0.4, -0.2) is 52.6 Å². The summed E-state index contributed by atoms with van der Waals surface area (Å²) in [4.78, 5) is 5.31. The van der Waals surface area contributed by atoms with Crippen molar-refractivity contribution < 1.29 is 8.42 Å². The third kappa shape index (κ3) is 11.9. The van der Waals surface area contributed by atoms with Crippen molar-refractivity contribution in [2.75, 3.05) is 38.2 Å². The molecule has 0 aliphatic carbocycles. The minimum atomic E-state index is -3.11. The first-order valence-corrected chi connectivity index (χ1v) is 10.8. The maximum Gasteiger partial charge on any atom is 0.211 e. The maximum absolute atomic E-state index is 11.3. The lowest BCUT2D eigenvalue weighted by Gasteiger charge is -2.12. The summed E-state index contributed by atoms with van der Waals surface area (Å²) in [6, 6.07) is 7.75. The standard InChI is InChI=1S/C15H25ClN4O2S2.HI/c1-3-24(21,22)20-10-4-9-18-15(17-2)19-11-12-23-14-7-5-13(16)6-8-14;/h5-8,20H,3-4,9-12H2,1-2H3,(H2,17,18,19);1H. The second-order valence-electron chi connectivity index (χ2n) is 4.88. The van der Waals surface area contributed by atoms with Crippen LogP contribution in [-0.2, 0) is 10.0 Å². The molecule has 1 aromatic carbocycles. The fraction of sp³-hybridized carbons (Fsp3) is 0.533. The highest BCUT2D eigenvalue weighted by Crippen LogP contribution is 2.19. The van der Waals surface area contributed by atoms with E-state index in [9.17, 15) is 8.42 Å². The Kier molecular flexibility index (Phi) is 13.8. The van der Waals surface area contributed by atoms with Gasteiger partial charge in [0.05, 0.1) is 5.75 Å². The molecule has 0 unspecified atom stereocenters. The largest absolute Gasteiger partial charge is 0.356 e. The summed E-state index contributed by atoms with van der Waals surface area (Å²) in [6.45, 7) is 3.46. The van der Waals surface area contributed by atoms with Gasteiger partial charge < -0.3 is 10.6 Å². The molecule has 0 bridgehead atoms. The predicted molar refractivity (Wildman–Crippen MR) is 119 cm³/mol. The zero-order valence-corrected chi connectivity index (χ0v) is 19.1. The molecule has 25 heavy (non-hydrogen) atoms. The van der Waals surface area contributed by atoms with Crippen LogP contribution in [0.3, 0.4) is 0 Å². The SMILES string of the molecule is CCS(=O)(=O)NCCCNC(=NC)NCCSc1ccc(Cl)cc1.I. The number of aliphatic imine (C=N–C) groups is 1. The van der Waals surface area contributed by atoms with E-state index < -0.39 is 10.0 Å². The summed E-state index contributed by atoms with van der Waals surface area (Å²) < 4.78 is 25.1. The van der Waals surface area contributed by atoms with Crippen LogP contribution in [0.4, 0.5) is 0 Å². The van der Waals surface area contributed by atoms with Crippen molar-refractivity contribution in [3.8, 4) is 0 Å². The average Bonchev–Trinajstić information content (AvgIpc) is 2.58. The Morgan fingerprint density at radius 1 is 1.16 bits per heavy atom. The monoisotopic (exact) mass is 520 g/mol. The quantitative estimate of drug-likeness (QED) is 0.145. The molecule has 0 atom stereocenters. The number of benzene rings is 1. The normalized spacial score (nSPS) is 11.7. The fourth-order valence-electron chi connectivity index (χ4n) is 1.71. The number of nitrogens with one attached hydrogen (secondary N) is 3. The van der Waals surface area contributed by atoms with E-state index in [-0.39, 0.29) is 29.7 Å². The van der Waals surface area contributed by atoms with E-state index in [0.29, 0.717) is 25.5 Å². The third-order valence-electron chi connectivity index (χ3n) is 3.05. The molecule has 0 aromatic heterocycles. The highest BCUT2D eigenvalue weighted by molar-refractivity contribution is 14.0. The smallest absolute Gasteiger partial charge is 0.211 e. The van der Waals surface area contributed by atoms with E-state index in [4.69, 9.17) is 11.6 Å². The van der Waals surface area contributed by atoms with Crippen molar-refractivity contribution in [3.63, 3.8) is 0 Å². The molecule has 6 nitrogen and oxygen atoms in total. The molecule has 0 aliphatic heterocycles. The number of halogens is 2. The second kappa shape index (κ2) is 13.9. The van der Waals surface area contributed by atoms with Crippen LogP contribution >= 0.6 is 47.3 Å². The average molecular weight is 521 g/mol. The van der Waals surface area contributed by atoms with E-state index in [1.165, 1.54) is 4.90 Å². The van der Waals surface area contributed by atoms with Gasteiger partial charge in [0.15, 0.2) is 5.96 Å². The summed E-state index contributed by atoms with van der Waals surface area (Å²) in [5.41, 5.74) is 0. The van der Waals surface area contributed by atoms with E-state index in [2.05, 4.69) is 20.3 Å². The molecule has 0 saturated carbocycles. The molecule has 0 saturated heterocycles. The molecule has 144 valence electrons. The molecular formula is C15H26ClIN4O2S2. The molecule has 1 rings (SSSR count). The van der Waals surface area contributed by atoms with Crippen molar-refractivity contribution in [2.24, 2.45) is 4.99 Å². The second-order valence-corrected chi connectivity index (χ2v) is 8.58. The van der Waals surface area contributed by atoms with Gasteiger partial charge in [-0.05, 0) is 37.6 Å². The zero-order valence-electron chi connectivity index (χ0n) is 14.4. The number of rotatable bonds is 10. The first-order chi connectivity index (χ1) is 11.5. The molecule has 10 heteroatoms. The molecule has 3 N–H and O–H groups in total. The Morgan fingerprint density at radius 3 is 2.40 bits per heavy atom. The van der Waals surface area contributed by atoms with Crippen molar-refractivity contribution in [1.29, 1.82) is 0 Å². The molecule has 0 fully saturated rings. The van der Waals surface area contributed by atoms with Crippen LogP contribution in [0.1, 0.15) is 13.3 Å². The van der Waals surface area contributed by atoms with E-state index >= 15 is 0 Å². The van der Waals surface area contributed by atoms with E-state index in [1.54, 1.807) is 25.7 Å². The topological polar surface area (TPSA) is 82.6 Å². The van der Waals surface area contributed by atoms with E-state index in [1.807, 2.05) is 24.3 Å². The molecule has 0 radical (unpaired) electrons. The summed E-state index contributed by atoms with van der Waals surface area (Å²) in [5.74, 6) is 1.72. The lowest BCUT2D eigenvalue weighted by molar-refractivity contribution is 0.579. The third-order valence-corrected chi connectivity index (χ3v) is 5.72. The number of hydrogen-bond donors (Lipinski definition) is 3. The van der Waals surface area contributed by atoms with Gasteiger partial charge in [0.25, 0.3) is 0 Å². The Morgan fingerprint density at radius 2 is 1.80 bits per heavy atom. The number of thioether (sulfide) groups is 1. The number of sulfonamides is 1. The van der Waals surface area contributed by atoms with Gasteiger partial charge in [-0.25, -0.2) is 13.1 Å². The van der Waals surface area contributed by atoms with Gasteiger partial charge in [0.1, 0.15) is 0 Å². The Hall–Kier alpha value is -0.230. The fourth-order valence-corrected chi connectivity index (χ4v) is 3.27. The first-order valence-electron chi connectivity index (χ1n) is 7.77. The minimum Gasteiger partial charge on any atom is -0.356 e. The van der Waals surface area contributed by atoms with Crippen LogP contribution in [0.5, 0.6) is 0 Å². The van der Waals surface area contributed by atoms with Crippen LogP contribution in [0, 0.1) is 0 Å². The Bertz CT molecular complexity index is 612. The van der Waals surface area contributed by atoms with Crippen molar-refractivity contribution in [1.82, 2.24) is 15.4 Å². The van der Waals surface area contributed by atoms with Crippen LogP contribution in [0.25, 0.3) is 0 Å². The zero-order chi connectivity index (χ0) is 17.8. The molecule has 1 aromatic rings. The summed E-state index contributed by atoms with van der Waals surface area (Å²) >= 11 is 7.59. The van der Waals surface area contributed by atoms with Crippen molar-refractivity contribution in [2.45, 2.75) is 18.2 Å². The summed E-state index contributed by atoms with van der Waals surface area (Å²) in [5, 5.41) is 7.12. The van der Waals surface area contributed by atoms with Gasteiger partial charge >= 0.3 is 0 Å². The molecule has 0 aliphatic rings. The number of hydrogen-bond acceptors (Lipinski definition) is 4. The van der Waals surface area contributed by atoms with Gasteiger partial charge in [0.2, 0.25) is 10.0 Å². The van der Waals surface area contributed by atoms with Gasteiger partial charge in [-0.2, -0.15) is 0 Å². The molecule has 0 heterocycles. The lowest BCUT2D eigenvalue weighted by atomic mass is 10.4. The molecule has 0 spiro atoms. The number of guanidine groups is 1. The summed E-state index contributed by atoms with van der Waals surface area (Å²) in [7, 11) is -1.40. The van der Waals surface area contributed by atoms with Crippen LogP contribution in [0.2, 0.25) is 5.02 Å². The van der Waals surface area contributed by atoms with Gasteiger partial charge in [-0.1, -0.05) is 11.6 Å². The minimum absolute atomic E-state index is 0. The summed E-state index contributed by atoms with van der Waals surface area (Å²) in [6.07, 6.45) is 0.694. The molecular weight excluding hydrogens is 495 g/mol. The highest BCUT2D eigenvalue weighted by atomic mass is 127. The van der Waals surface area contributed by atoms with Crippen LogP contribution in [0.15, 0.2) is 34.2 Å². The van der Waals surface area contributed by atoms with E-state index in [0.717, 1.165) is 17.3 Å². The van der Waals surface area contributed by atoms with Crippen molar-refractivity contribution >= 4 is 63.3 Å². The van der Waals surface area contributed by atoms with Gasteiger partial charge in [-0.3, -0.25) is 4.99 Å².